The third-order valence-corrected chi connectivity index (χ3v) is 5.46. The van der Waals surface area contributed by atoms with Gasteiger partial charge in [-0.25, -0.2) is 0 Å². The van der Waals surface area contributed by atoms with Crippen LogP contribution in [-0.2, 0) is 9.39 Å². The number of benzene rings is 3. The van der Waals surface area contributed by atoms with Gasteiger partial charge in [-0.1, -0.05) is 72.2 Å². The van der Waals surface area contributed by atoms with Crippen molar-refractivity contribution < 1.29 is 9.39 Å². The average molecular weight is 345 g/mol. The van der Waals surface area contributed by atoms with Crippen LogP contribution in [0.4, 0.5) is 0 Å². The smallest absolute Gasteiger partial charge is 0.330 e. The second-order valence-corrected chi connectivity index (χ2v) is 7.61. The van der Waals surface area contributed by atoms with E-state index >= 15 is 0 Å². The van der Waals surface area contributed by atoms with Crippen LogP contribution in [0.15, 0.2) is 66.7 Å². The molecule has 3 rings (SSSR count). The van der Waals surface area contributed by atoms with Crippen LogP contribution in [0.1, 0.15) is 27.7 Å². The molecule has 26 heavy (non-hydrogen) atoms. The highest BCUT2D eigenvalue weighted by atomic mass is 16.5. The predicted molar refractivity (Wildman–Crippen MR) is 111 cm³/mol. The van der Waals surface area contributed by atoms with Crippen molar-refractivity contribution in [2.45, 2.75) is 38.9 Å². The van der Waals surface area contributed by atoms with E-state index in [0.29, 0.717) is 0 Å². The Bertz CT molecular complexity index is 877. The van der Waals surface area contributed by atoms with E-state index in [9.17, 15) is 0 Å². The molecule has 0 saturated carbocycles. The molecule has 0 saturated heterocycles. The minimum Gasteiger partial charge on any atom is -0.427 e. The SMILES string of the molecule is COC(C)(C)C(C)(C)O[B]c1ccc(-c2cccc3ccccc23)cc1. The van der Waals surface area contributed by atoms with Crippen LogP contribution in [0.2, 0.25) is 0 Å². The summed E-state index contributed by atoms with van der Waals surface area (Å²) in [6, 6.07) is 23.4. The molecule has 2 nitrogen and oxygen atoms in total. The van der Waals surface area contributed by atoms with E-state index in [1.807, 2.05) is 35.2 Å². The van der Waals surface area contributed by atoms with Gasteiger partial charge in [-0.3, -0.25) is 0 Å². The number of hydrogen-bond donors (Lipinski definition) is 0. The number of ether oxygens (including phenoxy) is 1. The first kappa shape index (κ1) is 18.7. The highest BCUT2D eigenvalue weighted by Gasteiger charge is 2.37. The standard InChI is InChI=1S/C23H26BO2/c1-22(2,25-5)23(3,4)26-24-19-15-13-18(14-16-19)21-12-8-10-17-9-6-7-11-20(17)21/h6-16H,1-5H3. The molecule has 133 valence electrons. The van der Waals surface area contributed by atoms with Gasteiger partial charge < -0.3 is 9.39 Å². The van der Waals surface area contributed by atoms with Gasteiger partial charge in [0.15, 0.2) is 0 Å². The Morgan fingerprint density at radius 2 is 1.38 bits per heavy atom. The molecule has 0 amide bonds. The summed E-state index contributed by atoms with van der Waals surface area (Å²) < 4.78 is 11.6. The normalized spacial score (nSPS) is 12.3. The molecule has 0 atom stereocenters. The molecule has 0 unspecified atom stereocenters. The van der Waals surface area contributed by atoms with Gasteiger partial charge in [0.05, 0.1) is 11.2 Å². The third kappa shape index (κ3) is 3.69. The van der Waals surface area contributed by atoms with Gasteiger partial charge in [0, 0.05) is 7.11 Å². The van der Waals surface area contributed by atoms with Crippen molar-refractivity contribution in [2.75, 3.05) is 7.11 Å². The molecule has 0 aliphatic rings. The number of methoxy groups -OCH3 is 1. The molecule has 0 N–H and O–H groups in total. The molecule has 0 heterocycles. The molecule has 0 bridgehead atoms. The average Bonchev–Trinajstić information content (AvgIpc) is 2.66. The zero-order chi connectivity index (χ0) is 18.8. The molecular weight excluding hydrogens is 319 g/mol. The number of rotatable bonds is 6. The molecule has 3 aromatic carbocycles. The number of fused-ring (bicyclic) bond motifs is 1. The van der Waals surface area contributed by atoms with Gasteiger partial charge in [-0.15, -0.1) is 0 Å². The number of hydrogen-bond acceptors (Lipinski definition) is 2. The first-order valence-corrected chi connectivity index (χ1v) is 8.98. The van der Waals surface area contributed by atoms with Crippen LogP contribution >= 0.6 is 0 Å². The van der Waals surface area contributed by atoms with Gasteiger partial charge in [0.25, 0.3) is 0 Å². The van der Waals surface area contributed by atoms with E-state index in [4.69, 9.17) is 9.39 Å². The van der Waals surface area contributed by atoms with Crippen molar-refractivity contribution in [3.05, 3.63) is 66.7 Å². The topological polar surface area (TPSA) is 18.5 Å². The van der Waals surface area contributed by atoms with Crippen molar-refractivity contribution in [1.29, 1.82) is 0 Å². The summed E-state index contributed by atoms with van der Waals surface area (Å²) in [5.74, 6) is 0. The fourth-order valence-corrected chi connectivity index (χ4v) is 2.82. The minimum atomic E-state index is -0.434. The second-order valence-electron chi connectivity index (χ2n) is 7.61. The van der Waals surface area contributed by atoms with Crippen LogP contribution in [0, 0.1) is 0 Å². The summed E-state index contributed by atoms with van der Waals surface area (Å²) in [5.41, 5.74) is 2.67. The summed E-state index contributed by atoms with van der Waals surface area (Å²) >= 11 is 0. The van der Waals surface area contributed by atoms with Crippen LogP contribution < -0.4 is 5.46 Å². The molecule has 3 heteroatoms. The van der Waals surface area contributed by atoms with E-state index in [-0.39, 0.29) is 5.60 Å². The van der Waals surface area contributed by atoms with Crippen LogP contribution in [-0.4, -0.2) is 25.8 Å². The zero-order valence-electron chi connectivity index (χ0n) is 16.2. The fourth-order valence-electron chi connectivity index (χ4n) is 2.82. The van der Waals surface area contributed by atoms with Gasteiger partial charge in [-0.05, 0) is 49.6 Å². The summed E-state index contributed by atoms with van der Waals surface area (Å²) in [5, 5.41) is 2.53. The molecule has 0 aliphatic heterocycles. The molecular formula is C23H26BO2. The lowest BCUT2D eigenvalue weighted by Gasteiger charge is -2.40. The highest BCUT2D eigenvalue weighted by molar-refractivity contribution is 6.47. The maximum absolute atomic E-state index is 6.04. The molecule has 3 aromatic rings. The van der Waals surface area contributed by atoms with Crippen molar-refractivity contribution in [1.82, 2.24) is 0 Å². The lowest BCUT2D eigenvalue weighted by Crippen LogP contribution is -2.50. The summed E-state index contributed by atoms with van der Waals surface area (Å²) in [6.07, 6.45) is 0. The van der Waals surface area contributed by atoms with E-state index in [2.05, 4.69) is 66.7 Å². The van der Waals surface area contributed by atoms with E-state index < -0.39 is 5.60 Å². The molecule has 0 aromatic heterocycles. The van der Waals surface area contributed by atoms with E-state index in [1.54, 1.807) is 7.11 Å². The van der Waals surface area contributed by atoms with E-state index in [1.165, 1.54) is 21.9 Å². The lowest BCUT2D eigenvalue weighted by molar-refractivity contribution is -0.114. The first-order valence-electron chi connectivity index (χ1n) is 8.98. The Kier molecular flexibility index (Phi) is 5.22. The molecule has 0 spiro atoms. The van der Waals surface area contributed by atoms with Gasteiger partial charge in [0.1, 0.15) is 0 Å². The second kappa shape index (κ2) is 7.26. The molecule has 0 aliphatic carbocycles. The molecule has 0 fully saturated rings. The summed E-state index contributed by atoms with van der Waals surface area (Å²) in [4.78, 5) is 0. The summed E-state index contributed by atoms with van der Waals surface area (Å²) in [6.45, 7) is 8.14. The molecule has 1 radical (unpaired) electrons. The van der Waals surface area contributed by atoms with Crippen molar-refractivity contribution in [2.24, 2.45) is 0 Å². The van der Waals surface area contributed by atoms with Crippen LogP contribution in [0.25, 0.3) is 21.9 Å². The lowest BCUT2D eigenvalue weighted by atomic mass is 9.82. The largest absolute Gasteiger partial charge is 0.427 e. The van der Waals surface area contributed by atoms with Crippen molar-refractivity contribution >= 4 is 23.7 Å². The quantitative estimate of drug-likeness (QED) is 0.587. The Hall–Kier alpha value is -2.10. The third-order valence-electron chi connectivity index (χ3n) is 5.46. The van der Waals surface area contributed by atoms with Crippen molar-refractivity contribution in [3.8, 4) is 11.1 Å². The van der Waals surface area contributed by atoms with Crippen LogP contribution in [0.5, 0.6) is 0 Å². The predicted octanol–water partition coefficient (Wildman–Crippen LogP) is 4.97. The fraction of sp³-hybridized carbons (Fsp3) is 0.304. The minimum absolute atomic E-state index is 0.383. The van der Waals surface area contributed by atoms with Gasteiger partial charge >= 0.3 is 7.48 Å². The maximum Gasteiger partial charge on any atom is 0.330 e. The summed E-state index contributed by atoms with van der Waals surface area (Å²) in [7, 11) is 3.53. The highest BCUT2D eigenvalue weighted by Crippen LogP contribution is 2.29. The Balaban J connectivity index is 1.79. The van der Waals surface area contributed by atoms with Crippen molar-refractivity contribution in [3.63, 3.8) is 0 Å². The zero-order valence-corrected chi connectivity index (χ0v) is 16.2. The van der Waals surface area contributed by atoms with Gasteiger partial charge in [-0.2, -0.15) is 0 Å². The monoisotopic (exact) mass is 345 g/mol. The maximum atomic E-state index is 6.04. The first-order chi connectivity index (χ1) is 12.3. The Labute approximate surface area is 157 Å². The van der Waals surface area contributed by atoms with E-state index in [0.717, 1.165) is 5.46 Å². The Morgan fingerprint density at radius 3 is 2.08 bits per heavy atom. The Morgan fingerprint density at radius 1 is 0.731 bits per heavy atom. The van der Waals surface area contributed by atoms with Crippen LogP contribution in [0.3, 0.4) is 0 Å². The van der Waals surface area contributed by atoms with Gasteiger partial charge in [0.2, 0.25) is 0 Å².